The molecule has 0 aliphatic carbocycles. The molecule has 28 heavy (non-hydrogen) atoms. The first-order chi connectivity index (χ1) is 13.2. The van der Waals surface area contributed by atoms with Gasteiger partial charge >= 0.3 is 6.09 Å². The zero-order valence-corrected chi connectivity index (χ0v) is 16.5. The molecule has 0 atom stereocenters. The minimum atomic E-state index is -3.73. The zero-order chi connectivity index (χ0) is 20.5. The number of nitrogens with zero attached hydrogens (tertiary/aromatic N) is 1. The molecule has 2 aromatic rings. The molecule has 1 aliphatic heterocycles. The Balaban J connectivity index is 1.82. The molecule has 0 fully saturated rings. The number of carbonyl (C=O) groups is 1. The van der Waals surface area contributed by atoms with Gasteiger partial charge in [-0.15, -0.1) is 0 Å². The Bertz CT molecular complexity index is 1020. The number of anilines is 1. The van der Waals surface area contributed by atoms with E-state index in [0.29, 0.717) is 23.4 Å². The number of hydrogen-bond donors (Lipinski definition) is 0. The van der Waals surface area contributed by atoms with Gasteiger partial charge < -0.3 is 4.74 Å². The molecule has 5 nitrogen and oxygen atoms in total. The van der Waals surface area contributed by atoms with Gasteiger partial charge in [-0.1, -0.05) is 25.1 Å². The van der Waals surface area contributed by atoms with Crippen molar-refractivity contribution in [2.24, 2.45) is 0 Å². The molecule has 1 heterocycles. The highest BCUT2D eigenvalue weighted by atomic mass is 32.2. The molecule has 0 saturated heterocycles. The molecule has 0 bridgehead atoms. The van der Waals surface area contributed by atoms with Crippen LogP contribution in [0.1, 0.15) is 35.6 Å². The van der Waals surface area contributed by atoms with Gasteiger partial charge in [0, 0.05) is 17.7 Å². The highest BCUT2D eigenvalue weighted by Crippen LogP contribution is 2.29. The molecule has 0 saturated carbocycles. The standard InChI is InChI=1S/C20H21F2NO4S/c1-3-8-23-17-7-5-14(9-16(17)10-27-20(23)24)11-28(25,26)12-15-6-4-13(2)18(21)19(15)22/h4-7,9H,3,8,10-12H2,1-2H3. The summed E-state index contributed by atoms with van der Waals surface area (Å²) in [5.41, 5.74) is 1.85. The fourth-order valence-corrected chi connectivity index (χ4v) is 4.68. The lowest BCUT2D eigenvalue weighted by Gasteiger charge is -2.29. The number of benzene rings is 2. The molecule has 1 amide bonds. The van der Waals surface area contributed by atoms with E-state index in [2.05, 4.69) is 0 Å². The van der Waals surface area contributed by atoms with E-state index in [1.807, 2.05) is 6.92 Å². The molecule has 3 rings (SSSR count). The van der Waals surface area contributed by atoms with Crippen LogP contribution in [0.15, 0.2) is 30.3 Å². The van der Waals surface area contributed by atoms with Gasteiger partial charge in [0.15, 0.2) is 21.5 Å². The normalized spacial score (nSPS) is 14.0. The van der Waals surface area contributed by atoms with E-state index < -0.39 is 33.3 Å². The van der Waals surface area contributed by atoms with Crippen LogP contribution in [0.3, 0.4) is 0 Å². The largest absolute Gasteiger partial charge is 0.444 e. The van der Waals surface area contributed by atoms with Gasteiger partial charge in [0.25, 0.3) is 0 Å². The maximum absolute atomic E-state index is 14.0. The predicted octanol–water partition coefficient (Wildman–Crippen LogP) is 4.25. The number of ether oxygens (including phenoxy) is 1. The fraction of sp³-hybridized carbons (Fsp3) is 0.350. The number of amides is 1. The molecule has 0 spiro atoms. The van der Waals surface area contributed by atoms with Gasteiger partial charge in [-0.25, -0.2) is 22.0 Å². The molecule has 0 radical (unpaired) electrons. The molecule has 8 heteroatoms. The Kier molecular flexibility index (Phi) is 5.69. The Morgan fingerprint density at radius 3 is 2.57 bits per heavy atom. The lowest BCUT2D eigenvalue weighted by Crippen LogP contribution is -2.36. The summed E-state index contributed by atoms with van der Waals surface area (Å²) in [4.78, 5) is 13.4. The molecule has 150 valence electrons. The topological polar surface area (TPSA) is 63.7 Å². The number of halogens is 2. The number of rotatable bonds is 6. The van der Waals surface area contributed by atoms with E-state index in [-0.39, 0.29) is 23.5 Å². The van der Waals surface area contributed by atoms with Crippen LogP contribution in [-0.4, -0.2) is 21.1 Å². The van der Waals surface area contributed by atoms with Crippen LogP contribution in [-0.2, 0) is 32.7 Å². The van der Waals surface area contributed by atoms with Crippen LogP contribution in [0, 0.1) is 18.6 Å². The van der Waals surface area contributed by atoms with Gasteiger partial charge in [0.1, 0.15) is 6.61 Å². The van der Waals surface area contributed by atoms with Crippen LogP contribution in [0.4, 0.5) is 19.3 Å². The summed E-state index contributed by atoms with van der Waals surface area (Å²) < 4.78 is 57.9. The van der Waals surface area contributed by atoms with Crippen LogP contribution in [0.5, 0.6) is 0 Å². The lowest BCUT2D eigenvalue weighted by molar-refractivity contribution is 0.142. The number of aryl methyl sites for hydroxylation is 1. The summed E-state index contributed by atoms with van der Waals surface area (Å²) in [6.07, 6.45) is 0.329. The Hall–Kier alpha value is -2.48. The fourth-order valence-electron chi connectivity index (χ4n) is 3.20. The summed E-state index contributed by atoms with van der Waals surface area (Å²) >= 11 is 0. The SMILES string of the molecule is CCCN1C(=O)OCc2cc(CS(=O)(=O)Cc3ccc(C)c(F)c3F)ccc21. The maximum Gasteiger partial charge on any atom is 0.414 e. The van der Waals surface area contributed by atoms with E-state index in [9.17, 15) is 22.0 Å². The van der Waals surface area contributed by atoms with Crippen molar-refractivity contribution in [1.82, 2.24) is 0 Å². The molecular formula is C20H21F2NO4S. The number of cyclic esters (lactones) is 1. The second-order valence-corrected chi connectivity index (χ2v) is 8.94. The third-order valence-electron chi connectivity index (χ3n) is 4.57. The van der Waals surface area contributed by atoms with E-state index >= 15 is 0 Å². The van der Waals surface area contributed by atoms with Crippen molar-refractivity contribution in [2.75, 3.05) is 11.4 Å². The van der Waals surface area contributed by atoms with Gasteiger partial charge in [-0.05, 0) is 36.6 Å². The highest BCUT2D eigenvalue weighted by molar-refractivity contribution is 7.89. The van der Waals surface area contributed by atoms with Crippen LogP contribution < -0.4 is 4.90 Å². The van der Waals surface area contributed by atoms with Gasteiger partial charge in [0.05, 0.1) is 17.2 Å². The first-order valence-corrected chi connectivity index (χ1v) is 10.7. The molecule has 1 aliphatic rings. The summed E-state index contributed by atoms with van der Waals surface area (Å²) in [5, 5.41) is 0. The average Bonchev–Trinajstić information content (AvgIpc) is 2.64. The molecular weight excluding hydrogens is 388 g/mol. The molecule has 0 aromatic heterocycles. The van der Waals surface area contributed by atoms with Crippen LogP contribution >= 0.6 is 0 Å². The summed E-state index contributed by atoms with van der Waals surface area (Å²) in [6.45, 7) is 3.93. The van der Waals surface area contributed by atoms with Gasteiger partial charge in [0.2, 0.25) is 0 Å². The average molecular weight is 409 g/mol. The first kappa shape index (κ1) is 20.3. The summed E-state index contributed by atoms with van der Waals surface area (Å²) in [5.74, 6) is -3.07. The van der Waals surface area contributed by atoms with Crippen LogP contribution in [0.25, 0.3) is 0 Å². The third kappa shape index (κ3) is 4.16. The first-order valence-electron chi connectivity index (χ1n) is 8.92. The quantitative estimate of drug-likeness (QED) is 0.715. The van der Waals surface area contributed by atoms with E-state index in [4.69, 9.17) is 4.74 Å². The van der Waals surface area contributed by atoms with Crippen molar-refractivity contribution in [3.05, 3.63) is 64.2 Å². The Morgan fingerprint density at radius 1 is 1.11 bits per heavy atom. The van der Waals surface area contributed by atoms with Crippen molar-refractivity contribution in [3.8, 4) is 0 Å². The van der Waals surface area contributed by atoms with Crippen molar-refractivity contribution >= 4 is 21.6 Å². The maximum atomic E-state index is 14.0. The Morgan fingerprint density at radius 2 is 1.86 bits per heavy atom. The molecule has 0 unspecified atom stereocenters. The number of carbonyl (C=O) groups excluding carboxylic acids is 1. The van der Waals surface area contributed by atoms with Crippen molar-refractivity contribution in [2.45, 2.75) is 38.4 Å². The molecule has 0 N–H and O–H groups in total. The van der Waals surface area contributed by atoms with E-state index in [1.165, 1.54) is 24.0 Å². The monoisotopic (exact) mass is 409 g/mol. The van der Waals surface area contributed by atoms with Crippen molar-refractivity contribution < 1.29 is 26.7 Å². The minimum Gasteiger partial charge on any atom is -0.444 e. The number of fused-ring (bicyclic) bond motifs is 1. The van der Waals surface area contributed by atoms with E-state index in [0.717, 1.165) is 6.42 Å². The van der Waals surface area contributed by atoms with Gasteiger partial charge in [-0.3, -0.25) is 4.90 Å². The van der Waals surface area contributed by atoms with Crippen molar-refractivity contribution in [1.29, 1.82) is 0 Å². The van der Waals surface area contributed by atoms with Crippen molar-refractivity contribution in [3.63, 3.8) is 0 Å². The minimum absolute atomic E-state index is 0.0695. The van der Waals surface area contributed by atoms with Gasteiger partial charge in [-0.2, -0.15) is 0 Å². The van der Waals surface area contributed by atoms with Crippen LogP contribution in [0.2, 0.25) is 0 Å². The third-order valence-corrected chi connectivity index (χ3v) is 6.09. The second-order valence-electron chi connectivity index (χ2n) is 6.87. The molecule has 2 aromatic carbocycles. The highest BCUT2D eigenvalue weighted by Gasteiger charge is 2.26. The second kappa shape index (κ2) is 7.87. The smallest absolute Gasteiger partial charge is 0.414 e. The number of sulfone groups is 1. The number of hydrogen-bond acceptors (Lipinski definition) is 4. The summed E-state index contributed by atoms with van der Waals surface area (Å²) in [7, 11) is -3.73. The lowest BCUT2D eigenvalue weighted by atomic mass is 10.1. The van der Waals surface area contributed by atoms with E-state index in [1.54, 1.807) is 18.2 Å². The predicted molar refractivity (Wildman–Crippen MR) is 102 cm³/mol. The summed E-state index contributed by atoms with van der Waals surface area (Å²) in [6, 6.07) is 7.65. The zero-order valence-electron chi connectivity index (χ0n) is 15.7. The Labute approximate surface area is 162 Å².